The van der Waals surface area contributed by atoms with Gasteiger partial charge in [-0.1, -0.05) is 156 Å². The van der Waals surface area contributed by atoms with Gasteiger partial charge in [0.1, 0.15) is 13.2 Å². The molecule has 0 heterocycles. The number of unbranched alkanes of at least 4 members (excludes halogenated alkanes) is 20. The first kappa shape index (κ1) is 41.4. The van der Waals surface area contributed by atoms with Crippen molar-refractivity contribution in [3.05, 3.63) is 0 Å². The third-order valence-electron chi connectivity index (χ3n) is 9.71. The van der Waals surface area contributed by atoms with Gasteiger partial charge in [-0.3, -0.25) is 14.4 Å². The molecule has 0 saturated heterocycles. The zero-order valence-electron chi connectivity index (χ0n) is 30.1. The maximum absolute atomic E-state index is 13.3. The van der Waals surface area contributed by atoms with Gasteiger partial charge in [-0.25, -0.2) is 0 Å². The van der Waals surface area contributed by atoms with Crippen molar-refractivity contribution in [3.8, 4) is 0 Å². The molecular weight excluding hydrogens is 562 g/mol. The lowest BCUT2D eigenvalue weighted by Crippen LogP contribution is -2.41. The third kappa shape index (κ3) is 23.4. The fourth-order valence-electron chi connectivity index (χ4n) is 6.63. The minimum absolute atomic E-state index is 0.0177. The minimum atomic E-state index is -0.175. The highest BCUT2D eigenvalue weighted by Gasteiger charge is 2.32. The second-order valence-electron chi connectivity index (χ2n) is 13.9. The number of rotatable bonds is 31. The first-order valence-corrected chi connectivity index (χ1v) is 19.6. The first-order chi connectivity index (χ1) is 22.0. The molecule has 1 aliphatic carbocycles. The third-order valence-corrected chi connectivity index (χ3v) is 9.71. The average molecular weight is 636 g/mol. The van der Waals surface area contributed by atoms with E-state index < -0.39 is 0 Å². The van der Waals surface area contributed by atoms with E-state index in [0.717, 1.165) is 44.9 Å². The Morgan fingerprint density at radius 3 is 1.22 bits per heavy atom. The molecule has 1 fully saturated rings. The SMILES string of the molecule is CCCCCCCCCCCCCC(=O)OCCN(CCOC(=O)CCCCCCCCCCCCC)C(=O)[C@H]1CCCC1C. The summed E-state index contributed by atoms with van der Waals surface area (Å²) >= 11 is 0. The number of amides is 1. The Kier molecular flexibility index (Phi) is 27.4. The smallest absolute Gasteiger partial charge is 0.305 e. The van der Waals surface area contributed by atoms with Gasteiger partial charge in [0.05, 0.1) is 13.1 Å². The summed E-state index contributed by atoms with van der Waals surface area (Å²) in [5.74, 6) is 0.149. The van der Waals surface area contributed by atoms with E-state index in [2.05, 4.69) is 20.8 Å². The monoisotopic (exact) mass is 636 g/mol. The Bertz CT molecular complexity index is 682. The highest BCUT2D eigenvalue weighted by molar-refractivity contribution is 5.79. The number of hydrogen-bond donors (Lipinski definition) is 0. The first-order valence-electron chi connectivity index (χ1n) is 19.6. The van der Waals surface area contributed by atoms with Crippen LogP contribution in [0.15, 0.2) is 0 Å². The maximum atomic E-state index is 13.3. The zero-order chi connectivity index (χ0) is 32.8. The van der Waals surface area contributed by atoms with Crippen LogP contribution in [-0.4, -0.2) is 49.0 Å². The fourth-order valence-corrected chi connectivity index (χ4v) is 6.63. The lowest BCUT2D eigenvalue weighted by molar-refractivity contribution is -0.149. The molecule has 0 aliphatic heterocycles. The highest BCUT2D eigenvalue weighted by Crippen LogP contribution is 2.32. The van der Waals surface area contributed by atoms with Gasteiger partial charge in [0.2, 0.25) is 5.91 Å². The van der Waals surface area contributed by atoms with E-state index in [4.69, 9.17) is 9.47 Å². The summed E-state index contributed by atoms with van der Waals surface area (Å²) < 4.78 is 11.0. The van der Waals surface area contributed by atoms with Crippen molar-refractivity contribution in [2.45, 2.75) is 194 Å². The van der Waals surface area contributed by atoms with Gasteiger partial charge < -0.3 is 14.4 Å². The lowest BCUT2D eigenvalue weighted by atomic mass is 9.96. The molecule has 264 valence electrons. The molecule has 6 heteroatoms. The molecule has 0 aromatic heterocycles. The highest BCUT2D eigenvalue weighted by atomic mass is 16.5. The largest absolute Gasteiger partial charge is 0.464 e. The van der Waals surface area contributed by atoms with E-state index in [1.54, 1.807) is 4.90 Å². The Morgan fingerprint density at radius 2 is 0.889 bits per heavy atom. The van der Waals surface area contributed by atoms with E-state index in [9.17, 15) is 14.4 Å². The number of carbonyl (C=O) groups is 3. The van der Waals surface area contributed by atoms with Crippen LogP contribution in [0.2, 0.25) is 0 Å². The average Bonchev–Trinajstić information content (AvgIpc) is 3.47. The molecule has 1 saturated carbocycles. The molecule has 0 radical (unpaired) electrons. The number of ether oxygens (including phenoxy) is 2. The van der Waals surface area contributed by atoms with Crippen molar-refractivity contribution in [2.75, 3.05) is 26.3 Å². The van der Waals surface area contributed by atoms with Gasteiger partial charge in [-0.15, -0.1) is 0 Å². The van der Waals surface area contributed by atoms with E-state index >= 15 is 0 Å². The van der Waals surface area contributed by atoms with Crippen LogP contribution in [0.3, 0.4) is 0 Å². The fraction of sp³-hybridized carbons (Fsp3) is 0.923. The van der Waals surface area contributed by atoms with Crippen LogP contribution in [0.25, 0.3) is 0 Å². The number of esters is 2. The number of hydrogen-bond acceptors (Lipinski definition) is 5. The summed E-state index contributed by atoms with van der Waals surface area (Å²) in [5.41, 5.74) is 0. The van der Waals surface area contributed by atoms with Crippen molar-refractivity contribution < 1.29 is 23.9 Å². The molecule has 0 spiro atoms. The van der Waals surface area contributed by atoms with E-state index in [1.165, 1.54) is 116 Å². The summed E-state index contributed by atoms with van der Waals surface area (Å²) in [5, 5.41) is 0. The van der Waals surface area contributed by atoms with Crippen LogP contribution in [0.5, 0.6) is 0 Å². The molecule has 1 aliphatic rings. The van der Waals surface area contributed by atoms with Crippen molar-refractivity contribution in [3.63, 3.8) is 0 Å². The molecule has 0 bridgehead atoms. The number of nitrogens with zero attached hydrogens (tertiary/aromatic N) is 1. The van der Waals surface area contributed by atoms with Crippen LogP contribution in [0.1, 0.15) is 194 Å². The molecule has 45 heavy (non-hydrogen) atoms. The predicted molar refractivity (Wildman–Crippen MR) is 187 cm³/mol. The minimum Gasteiger partial charge on any atom is -0.464 e. The Morgan fingerprint density at radius 1 is 0.533 bits per heavy atom. The van der Waals surface area contributed by atoms with Crippen molar-refractivity contribution in [2.24, 2.45) is 11.8 Å². The molecule has 1 amide bonds. The molecule has 0 N–H and O–H groups in total. The number of carbonyl (C=O) groups excluding carboxylic acids is 3. The van der Waals surface area contributed by atoms with Crippen LogP contribution in [0, 0.1) is 11.8 Å². The summed E-state index contributed by atoms with van der Waals surface area (Å²) in [6.07, 6.45) is 31.5. The molecule has 0 aromatic rings. The maximum Gasteiger partial charge on any atom is 0.305 e. The molecule has 1 unspecified atom stereocenters. The van der Waals surface area contributed by atoms with Gasteiger partial charge in [0.25, 0.3) is 0 Å². The van der Waals surface area contributed by atoms with Crippen LogP contribution in [0.4, 0.5) is 0 Å². The Balaban J connectivity index is 2.19. The van der Waals surface area contributed by atoms with Crippen LogP contribution >= 0.6 is 0 Å². The van der Waals surface area contributed by atoms with Gasteiger partial charge in [0, 0.05) is 18.8 Å². The summed E-state index contributed by atoms with van der Waals surface area (Å²) in [7, 11) is 0. The van der Waals surface area contributed by atoms with Gasteiger partial charge in [-0.05, 0) is 31.6 Å². The quantitative estimate of drug-likeness (QED) is 0.0560. The molecular formula is C39H73NO5. The second kappa shape index (κ2) is 29.8. The second-order valence-corrected chi connectivity index (χ2v) is 13.9. The zero-order valence-corrected chi connectivity index (χ0v) is 30.1. The van der Waals surface area contributed by atoms with Crippen LogP contribution in [-0.2, 0) is 23.9 Å². The summed E-state index contributed by atoms with van der Waals surface area (Å²) in [6, 6.07) is 0. The van der Waals surface area contributed by atoms with Gasteiger partial charge in [-0.2, -0.15) is 0 Å². The van der Waals surface area contributed by atoms with E-state index in [1.807, 2.05) is 0 Å². The molecule has 2 atom stereocenters. The molecule has 6 nitrogen and oxygen atoms in total. The predicted octanol–water partition coefficient (Wildman–Crippen LogP) is 10.7. The van der Waals surface area contributed by atoms with Gasteiger partial charge >= 0.3 is 11.9 Å². The molecule has 0 aromatic carbocycles. The Labute approximate surface area is 278 Å². The van der Waals surface area contributed by atoms with Crippen molar-refractivity contribution in [1.82, 2.24) is 4.90 Å². The van der Waals surface area contributed by atoms with E-state index in [-0.39, 0.29) is 37.0 Å². The Hall–Kier alpha value is -1.59. The topological polar surface area (TPSA) is 72.9 Å². The van der Waals surface area contributed by atoms with Crippen LogP contribution < -0.4 is 0 Å². The van der Waals surface area contributed by atoms with E-state index in [0.29, 0.717) is 31.8 Å². The van der Waals surface area contributed by atoms with Crippen molar-refractivity contribution >= 4 is 17.8 Å². The van der Waals surface area contributed by atoms with Gasteiger partial charge in [0.15, 0.2) is 0 Å². The standard InChI is InChI=1S/C39H73NO5/c1-4-6-8-10-12-14-16-18-20-22-24-29-37(41)44-33-31-40(39(43)36-28-26-27-35(36)3)32-34-45-38(42)30-25-23-21-19-17-15-13-11-9-7-5-2/h35-36H,4-34H2,1-3H3/t35?,36-/m0/s1. The summed E-state index contributed by atoms with van der Waals surface area (Å²) in [4.78, 5) is 39.7. The normalized spacial score (nSPS) is 16.2. The molecule has 1 rings (SSSR count). The summed E-state index contributed by atoms with van der Waals surface area (Å²) in [6.45, 7) is 7.79. The lowest BCUT2D eigenvalue weighted by Gasteiger charge is -2.27. The van der Waals surface area contributed by atoms with Crippen molar-refractivity contribution in [1.29, 1.82) is 0 Å².